The Morgan fingerprint density at radius 2 is 1.86 bits per heavy atom. The zero-order chi connectivity index (χ0) is 10.2. The molecule has 0 aromatic rings. The van der Waals surface area contributed by atoms with Gasteiger partial charge in [-0.05, 0) is 17.0 Å². The summed E-state index contributed by atoms with van der Waals surface area (Å²) in [5.41, 5.74) is 16.6. The average molecular weight is 194 g/mol. The van der Waals surface area contributed by atoms with Gasteiger partial charge in [0.05, 0.1) is 0 Å². The summed E-state index contributed by atoms with van der Waals surface area (Å²) in [6.07, 6.45) is 5.83. The minimum absolute atomic E-state index is 0.142. The van der Waals surface area contributed by atoms with Gasteiger partial charge in [0.1, 0.15) is 0 Å². The van der Waals surface area contributed by atoms with Gasteiger partial charge in [-0.2, -0.15) is 0 Å². The Kier molecular flexibility index (Phi) is 4.69. The van der Waals surface area contributed by atoms with Gasteiger partial charge in [0.25, 0.3) is 0 Å². The second kappa shape index (κ2) is 6.13. The molecule has 0 N–H and O–H groups in total. The molecule has 1 atom stereocenters. The molecule has 1 aliphatic rings. The van der Waals surface area contributed by atoms with Gasteiger partial charge in [-0.25, -0.2) is 0 Å². The Bertz CT molecular complexity index is 257. The van der Waals surface area contributed by atoms with Crippen LogP contribution in [-0.4, -0.2) is 12.6 Å². The van der Waals surface area contributed by atoms with E-state index in [4.69, 9.17) is 11.1 Å². The molecule has 0 aromatic heterocycles. The molecule has 0 amide bonds. The van der Waals surface area contributed by atoms with Crippen LogP contribution in [0.2, 0.25) is 0 Å². The molecule has 1 rings (SSSR count). The lowest BCUT2D eigenvalue weighted by molar-refractivity contribution is 0.308. The van der Waals surface area contributed by atoms with Gasteiger partial charge in [0.15, 0.2) is 0 Å². The first-order valence-corrected chi connectivity index (χ1v) is 4.93. The summed E-state index contributed by atoms with van der Waals surface area (Å²) in [4.78, 5) is 5.50. The third-order valence-electron chi connectivity index (χ3n) is 2.73. The highest BCUT2D eigenvalue weighted by Crippen LogP contribution is 2.28. The Morgan fingerprint density at radius 3 is 2.43 bits per heavy atom. The minimum Gasteiger partial charge on any atom is -0.0935 e. The van der Waals surface area contributed by atoms with E-state index in [2.05, 4.69) is 20.1 Å². The van der Waals surface area contributed by atoms with E-state index in [0.717, 1.165) is 12.8 Å². The van der Waals surface area contributed by atoms with Crippen molar-refractivity contribution >= 4 is 0 Å². The summed E-state index contributed by atoms with van der Waals surface area (Å²) in [5, 5.41) is 7.18. The predicted molar refractivity (Wildman–Crippen MR) is 53.5 cm³/mol. The minimum atomic E-state index is -0.142. The van der Waals surface area contributed by atoms with Crippen molar-refractivity contribution < 1.29 is 0 Å². The highest BCUT2D eigenvalue weighted by Gasteiger charge is 2.21. The first-order valence-electron chi connectivity index (χ1n) is 4.93. The molecule has 6 nitrogen and oxygen atoms in total. The Morgan fingerprint density at radius 1 is 1.14 bits per heavy atom. The van der Waals surface area contributed by atoms with E-state index >= 15 is 0 Å². The first kappa shape index (κ1) is 10.7. The molecule has 6 heteroatoms. The number of rotatable bonds is 4. The highest BCUT2D eigenvalue weighted by molar-refractivity contribution is 4.81. The van der Waals surface area contributed by atoms with Crippen molar-refractivity contribution in [3.63, 3.8) is 0 Å². The SMILES string of the molecule is [N-]=[N+]=NCC(N=[N+]=[N-])C1CCCCC1. The average Bonchev–Trinajstić information content (AvgIpc) is 2.25. The summed E-state index contributed by atoms with van der Waals surface area (Å²) in [6.45, 7) is 0.297. The van der Waals surface area contributed by atoms with E-state index in [1.54, 1.807) is 0 Å². The van der Waals surface area contributed by atoms with Crippen LogP contribution in [0.5, 0.6) is 0 Å². The standard InChI is InChI=1S/C8H14N6/c9-13-11-6-8(12-14-10)7-4-2-1-3-5-7/h7-8H,1-6H2. The second-order valence-corrected chi connectivity index (χ2v) is 3.58. The van der Waals surface area contributed by atoms with Gasteiger partial charge < -0.3 is 0 Å². The molecule has 1 aliphatic carbocycles. The molecular formula is C8H14N6. The smallest absolute Gasteiger partial charge is 0.0458 e. The van der Waals surface area contributed by atoms with Crippen molar-refractivity contribution in [2.24, 2.45) is 16.1 Å². The van der Waals surface area contributed by atoms with Crippen LogP contribution in [0.4, 0.5) is 0 Å². The summed E-state index contributed by atoms with van der Waals surface area (Å²) >= 11 is 0. The second-order valence-electron chi connectivity index (χ2n) is 3.58. The number of nitrogens with zero attached hydrogens (tertiary/aromatic N) is 6. The van der Waals surface area contributed by atoms with Crippen LogP contribution in [-0.2, 0) is 0 Å². The van der Waals surface area contributed by atoms with Gasteiger partial charge in [-0.15, -0.1) is 0 Å². The topological polar surface area (TPSA) is 97.5 Å². The fraction of sp³-hybridized carbons (Fsp3) is 1.00. The lowest BCUT2D eigenvalue weighted by Gasteiger charge is -2.25. The van der Waals surface area contributed by atoms with E-state index in [9.17, 15) is 0 Å². The molecular weight excluding hydrogens is 180 g/mol. The predicted octanol–water partition coefficient (Wildman–Crippen LogP) is 3.56. The number of hydrogen-bond donors (Lipinski definition) is 0. The van der Waals surface area contributed by atoms with E-state index in [1.807, 2.05) is 0 Å². The van der Waals surface area contributed by atoms with Crippen LogP contribution in [0.1, 0.15) is 32.1 Å². The molecule has 0 heterocycles. The van der Waals surface area contributed by atoms with Gasteiger partial charge >= 0.3 is 0 Å². The van der Waals surface area contributed by atoms with Crippen molar-refractivity contribution in [2.45, 2.75) is 38.1 Å². The van der Waals surface area contributed by atoms with Crippen LogP contribution in [0.15, 0.2) is 10.2 Å². The molecule has 0 radical (unpaired) electrons. The van der Waals surface area contributed by atoms with Crippen molar-refractivity contribution in [1.29, 1.82) is 0 Å². The monoisotopic (exact) mass is 194 g/mol. The molecule has 76 valence electrons. The number of azide groups is 2. The Labute approximate surface area is 82.6 Å². The third kappa shape index (κ3) is 3.17. The maximum atomic E-state index is 8.39. The normalized spacial score (nSPS) is 19.1. The Balaban J connectivity index is 2.54. The van der Waals surface area contributed by atoms with Gasteiger partial charge in [0.2, 0.25) is 0 Å². The molecule has 1 saturated carbocycles. The van der Waals surface area contributed by atoms with Gasteiger partial charge in [-0.1, -0.05) is 42.3 Å². The third-order valence-corrected chi connectivity index (χ3v) is 2.73. The maximum absolute atomic E-state index is 8.39. The van der Waals surface area contributed by atoms with Crippen LogP contribution in [0, 0.1) is 5.92 Å². The lowest BCUT2D eigenvalue weighted by Crippen LogP contribution is -2.23. The summed E-state index contributed by atoms with van der Waals surface area (Å²) in [6, 6.07) is -0.142. The van der Waals surface area contributed by atoms with E-state index in [1.165, 1.54) is 19.3 Å². The molecule has 1 unspecified atom stereocenters. The molecule has 14 heavy (non-hydrogen) atoms. The van der Waals surface area contributed by atoms with E-state index < -0.39 is 0 Å². The first-order chi connectivity index (χ1) is 6.88. The molecule has 0 saturated heterocycles. The summed E-state index contributed by atoms with van der Waals surface area (Å²) in [5.74, 6) is 0.408. The molecule has 0 aromatic carbocycles. The fourth-order valence-corrected chi connectivity index (χ4v) is 1.99. The van der Waals surface area contributed by atoms with Gasteiger partial charge in [-0.3, -0.25) is 0 Å². The molecule has 0 bridgehead atoms. The quantitative estimate of drug-likeness (QED) is 0.371. The van der Waals surface area contributed by atoms with Crippen molar-refractivity contribution in [1.82, 2.24) is 0 Å². The fourth-order valence-electron chi connectivity index (χ4n) is 1.99. The summed E-state index contributed by atoms with van der Waals surface area (Å²) < 4.78 is 0. The largest absolute Gasteiger partial charge is 0.0935 e. The van der Waals surface area contributed by atoms with Crippen LogP contribution >= 0.6 is 0 Å². The maximum Gasteiger partial charge on any atom is 0.0458 e. The van der Waals surface area contributed by atoms with Crippen LogP contribution < -0.4 is 0 Å². The van der Waals surface area contributed by atoms with Gasteiger partial charge in [0, 0.05) is 22.4 Å². The molecule has 0 aliphatic heterocycles. The van der Waals surface area contributed by atoms with Crippen molar-refractivity contribution in [3.8, 4) is 0 Å². The lowest BCUT2D eigenvalue weighted by atomic mass is 9.84. The number of hydrogen-bond acceptors (Lipinski definition) is 2. The van der Waals surface area contributed by atoms with Crippen LogP contribution in [0.3, 0.4) is 0 Å². The van der Waals surface area contributed by atoms with Crippen LogP contribution in [0.25, 0.3) is 20.9 Å². The molecule has 0 spiro atoms. The van der Waals surface area contributed by atoms with Crippen molar-refractivity contribution in [2.75, 3.05) is 6.54 Å². The van der Waals surface area contributed by atoms with Crippen molar-refractivity contribution in [3.05, 3.63) is 20.9 Å². The van der Waals surface area contributed by atoms with E-state index in [0.29, 0.717) is 12.5 Å². The zero-order valence-corrected chi connectivity index (χ0v) is 8.08. The Hall–Kier alpha value is -1.38. The highest BCUT2D eigenvalue weighted by atomic mass is 15.2. The summed E-state index contributed by atoms with van der Waals surface area (Å²) in [7, 11) is 0. The zero-order valence-electron chi connectivity index (χ0n) is 8.08. The molecule has 1 fully saturated rings. The van der Waals surface area contributed by atoms with E-state index in [-0.39, 0.29) is 6.04 Å².